The van der Waals surface area contributed by atoms with Gasteiger partial charge in [-0.3, -0.25) is 0 Å². The van der Waals surface area contributed by atoms with E-state index in [0.717, 1.165) is 11.3 Å². The Bertz CT molecular complexity index is 992. The Morgan fingerprint density at radius 1 is 1.38 bits per heavy atom. The van der Waals surface area contributed by atoms with Gasteiger partial charge in [0.1, 0.15) is 5.58 Å². The minimum Gasteiger partial charge on any atom is -0.505 e. The van der Waals surface area contributed by atoms with E-state index < -0.39 is 11.6 Å². The van der Waals surface area contributed by atoms with Crippen molar-refractivity contribution >= 4 is 39.1 Å². The molecule has 0 bridgehead atoms. The van der Waals surface area contributed by atoms with Crippen molar-refractivity contribution in [2.24, 2.45) is 10.2 Å². The number of aromatic hydroxyl groups is 1. The van der Waals surface area contributed by atoms with Crippen molar-refractivity contribution in [2.45, 2.75) is 6.92 Å². The van der Waals surface area contributed by atoms with Crippen LogP contribution in [-0.2, 0) is 4.74 Å². The highest BCUT2D eigenvalue weighted by Crippen LogP contribution is 2.32. The SMILES string of the molecule is CCOC(=O)c1csc(N=Nc2c(O)c3ccccc3oc2=O)n1. The maximum absolute atomic E-state index is 11.9. The lowest BCUT2D eigenvalue weighted by atomic mass is 10.2. The summed E-state index contributed by atoms with van der Waals surface area (Å²) in [6.45, 7) is 1.92. The van der Waals surface area contributed by atoms with E-state index in [0.29, 0.717) is 5.39 Å². The summed E-state index contributed by atoms with van der Waals surface area (Å²) in [4.78, 5) is 27.4. The first kappa shape index (κ1) is 15.8. The van der Waals surface area contributed by atoms with Crippen LogP contribution in [0.1, 0.15) is 17.4 Å². The molecule has 0 aliphatic heterocycles. The third-order valence-electron chi connectivity index (χ3n) is 2.97. The van der Waals surface area contributed by atoms with Gasteiger partial charge in [-0.2, -0.15) is 0 Å². The highest BCUT2D eigenvalue weighted by molar-refractivity contribution is 7.13. The fraction of sp³-hybridized carbons (Fsp3) is 0.133. The number of hydrogen-bond donors (Lipinski definition) is 1. The molecule has 0 aliphatic rings. The number of para-hydroxylation sites is 1. The predicted octanol–water partition coefficient (Wildman–Crippen LogP) is 3.55. The zero-order chi connectivity index (χ0) is 17.1. The minimum atomic E-state index is -0.822. The highest BCUT2D eigenvalue weighted by atomic mass is 32.1. The molecular formula is C15H11N3O5S. The maximum atomic E-state index is 11.9. The Morgan fingerprint density at radius 2 is 2.17 bits per heavy atom. The van der Waals surface area contributed by atoms with E-state index in [1.165, 1.54) is 5.38 Å². The van der Waals surface area contributed by atoms with Gasteiger partial charge in [0.25, 0.3) is 0 Å². The van der Waals surface area contributed by atoms with Crippen LogP contribution in [0.15, 0.2) is 49.1 Å². The number of ether oxygens (including phenoxy) is 1. The molecule has 1 N–H and O–H groups in total. The molecule has 1 aromatic carbocycles. The van der Waals surface area contributed by atoms with Crippen LogP contribution in [0.5, 0.6) is 5.75 Å². The second-order valence-corrected chi connectivity index (χ2v) is 5.36. The minimum absolute atomic E-state index is 0.102. The molecule has 3 rings (SSSR count). The monoisotopic (exact) mass is 345 g/mol. The van der Waals surface area contributed by atoms with E-state index in [-0.39, 0.29) is 34.5 Å². The van der Waals surface area contributed by atoms with E-state index in [1.807, 2.05) is 0 Å². The number of azo groups is 1. The fourth-order valence-corrected chi connectivity index (χ4v) is 2.52. The topological polar surface area (TPSA) is 114 Å². The van der Waals surface area contributed by atoms with Gasteiger partial charge in [0.05, 0.1) is 12.0 Å². The van der Waals surface area contributed by atoms with Crippen molar-refractivity contribution in [1.82, 2.24) is 4.98 Å². The second kappa shape index (κ2) is 6.59. The van der Waals surface area contributed by atoms with Gasteiger partial charge < -0.3 is 14.3 Å². The van der Waals surface area contributed by atoms with Crippen LogP contribution in [-0.4, -0.2) is 22.7 Å². The molecule has 0 spiro atoms. The van der Waals surface area contributed by atoms with Gasteiger partial charge in [-0.1, -0.05) is 12.1 Å². The molecule has 0 unspecified atom stereocenters. The van der Waals surface area contributed by atoms with Gasteiger partial charge in [0.2, 0.25) is 10.8 Å². The third-order valence-corrected chi connectivity index (χ3v) is 3.70. The van der Waals surface area contributed by atoms with Crippen LogP contribution in [0.25, 0.3) is 11.0 Å². The molecule has 0 saturated heterocycles. The molecule has 2 heterocycles. The van der Waals surface area contributed by atoms with Gasteiger partial charge in [-0.25, -0.2) is 14.6 Å². The number of hydrogen-bond acceptors (Lipinski definition) is 9. The molecule has 0 aliphatic carbocycles. The largest absolute Gasteiger partial charge is 0.505 e. The number of benzene rings is 1. The standard InChI is InChI=1S/C15H11N3O5S/c1-2-22-13(20)9-7-24-15(16-9)18-17-11-12(19)8-5-3-4-6-10(8)23-14(11)21/h3-7,19H,2H2,1H3. The summed E-state index contributed by atoms with van der Waals surface area (Å²) in [5.41, 5.74) is -0.804. The zero-order valence-electron chi connectivity index (χ0n) is 12.4. The number of esters is 1. The van der Waals surface area contributed by atoms with Gasteiger partial charge in [-0.15, -0.1) is 21.6 Å². The van der Waals surface area contributed by atoms with Crippen LogP contribution in [0.2, 0.25) is 0 Å². The number of carbonyl (C=O) groups excluding carboxylic acids is 1. The summed E-state index contributed by atoms with van der Waals surface area (Å²) in [6.07, 6.45) is 0. The zero-order valence-corrected chi connectivity index (χ0v) is 13.2. The van der Waals surface area contributed by atoms with Crippen molar-refractivity contribution in [3.05, 3.63) is 45.8 Å². The molecule has 0 fully saturated rings. The molecule has 0 amide bonds. The van der Waals surface area contributed by atoms with Gasteiger partial charge >= 0.3 is 11.6 Å². The molecule has 0 atom stereocenters. The molecule has 0 radical (unpaired) electrons. The first-order chi connectivity index (χ1) is 11.6. The van der Waals surface area contributed by atoms with Gasteiger partial charge in [-0.05, 0) is 19.1 Å². The summed E-state index contributed by atoms with van der Waals surface area (Å²) in [7, 11) is 0. The van der Waals surface area contributed by atoms with E-state index >= 15 is 0 Å². The summed E-state index contributed by atoms with van der Waals surface area (Å²) >= 11 is 1.05. The Morgan fingerprint density at radius 3 is 2.96 bits per heavy atom. The lowest BCUT2D eigenvalue weighted by Gasteiger charge is -2.00. The summed E-state index contributed by atoms with van der Waals surface area (Å²) in [5, 5.41) is 19.6. The molecular weight excluding hydrogens is 334 g/mol. The number of fused-ring (bicyclic) bond motifs is 1. The molecule has 8 nitrogen and oxygen atoms in total. The van der Waals surface area contributed by atoms with Gasteiger partial charge in [0, 0.05) is 5.38 Å². The first-order valence-electron chi connectivity index (χ1n) is 6.89. The Hall–Kier alpha value is -3.07. The molecule has 24 heavy (non-hydrogen) atoms. The van der Waals surface area contributed by atoms with Crippen molar-refractivity contribution in [3.8, 4) is 5.75 Å². The predicted molar refractivity (Wildman–Crippen MR) is 86.4 cm³/mol. The lowest BCUT2D eigenvalue weighted by molar-refractivity contribution is 0.0520. The quantitative estimate of drug-likeness (QED) is 0.439. The number of nitrogens with zero attached hydrogens (tertiary/aromatic N) is 3. The Kier molecular flexibility index (Phi) is 4.34. The lowest BCUT2D eigenvalue weighted by Crippen LogP contribution is -2.04. The third kappa shape index (κ3) is 3.01. The molecule has 2 aromatic heterocycles. The van der Waals surface area contributed by atoms with Crippen LogP contribution in [0.3, 0.4) is 0 Å². The van der Waals surface area contributed by atoms with E-state index in [2.05, 4.69) is 15.2 Å². The van der Waals surface area contributed by atoms with E-state index in [9.17, 15) is 14.7 Å². The Balaban J connectivity index is 1.94. The van der Waals surface area contributed by atoms with E-state index in [1.54, 1.807) is 31.2 Å². The number of aromatic nitrogens is 1. The molecule has 3 aromatic rings. The van der Waals surface area contributed by atoms with Crippen LogP contribution in [0, 0.1) is 0 Å². The fourth-order valence-electron chi connectivity index (χ4n) is 1.91. The van der Waals surface area contributed by atoms with Crippen LogP contribution >= 0.6 is 11.3 Å². The normalized spacial score (nSPS) is 11.2. The van der Waals surface area contributed by atoms with Crippen molar-refractivity contribution in [2.75, 3.05) is 6.61 Å². The maximum Gasteiger partial charge on any atom is 0.368 e. The van der Waals surface area contributed by atoms with Crippen molar-refractivity contribution < 1.29 is 19.1 Å². The number of rotatable bonds is 4. The highest BCUT2D eigenvalue weighted by Gasteiger charge is 2.14. The molecule has 122 valence electrons. The van der Waals surface area contributed by atoms with Crippen LogP contribution in [0.4, 0.5) is 10.8 Å². The van der Waals surface area contributed by atoms with Crippen molar-refractivity contribution in [3.63, 3.8) is 0 Å². The average Bonchev–Trinajstić information content (AvgIpc) is 3.04. The smallest absolute Gasteiger partial charge is 0.368 e. The number of carbonyl (C=O) groups is 1. The van der Waals surface area contributed by atoms with Crippen molar-refractivity contribution in [1.29, 1.82) is 0 Å². The number of thiazole rings is 1. The first-order valence-corrected chi connectivity index (χ1v) is 7.77. The van der Waals surface area contributed by atoms with E-state index in [4.69, 9.17) is 9.15 Å². The summed E-state index contributed by atoms with van der Waals surface area (Å²) < 4.78 is 9.90. The Labute approximate surface area is 139 Å². The van der Waals surface area contributed by atoms with Crippen LogP contribution < -0.4 is 5.63 Å². The summed E-state index contributed by atoms with van der Waals surface area (Å²) in [6, 6.07) is 6.52. The average molecular weight is 345 g/mol. The van der Waals surface area contributed by atoms with Gasteiger partial charge in [0.15, 0.2) is 11.4 Å². The molecule has 0 saturated carbocycles. The summed E-state index contributed by atoms with van der Waals surface area (Å²) in [5.74, 6) is -0.893. The second-order valence-electron chi connectivity index (χ2n) is 4.52. The molecule has 9 heteroatoms.